The zero-order valence-electron chi connectivity index (χ0n) is 18.1. The van der Waals surface area contributed by atoms with Crippen LogP contribution in [0.2, 0.25) is 0 Å². The molecule has 0 saturated carbocycles. The highest BCUT2D eigenvalue weighted by molar-refractivity contribution is 9.10. The van der Waals surface area contributed by atoms with E-state index in [0.717, 1.165) is 21.3 Å². The van der Waals surface area contributed by atoms with Crippen LogP contribution in [0.25, 0.3) is 5.69 Å². The van der Waals surface area contributed by atoms with E-state index in [4.69, 9.17) is 9.47 Å². The lowest BCUT2D eigenvalue weighted by atomic mass is 10.1. The molecule has 4 rings (SSSR count). The van der Waals surface area contributed by atoms with Gasteiger partial charge in [0.1, 0.15) is 12.3 Å². The van der Waals surface area contributed by atoms with Crippen molar-refractivity contribution in [3.63, 3.8) is 0 Å². The highest BCUT2D eigenvalue weighted by atomic mass is 79.9. The summed E-state index contributed by atoms with van der Waals surface area (Å²) in [6.45, 7) is 0.657. The van der Waals surface area contributed by atoms with Crippen LogP contribution in [0.4, 0.5) is 0 Å². The number of nitrogens with zero attached hydrogens (tertiary/aromatic N) is 3. The molecule has 1 N–H and O–H groups in total. The minimum atomic E-state index is -0.0330. The molecule has 0 spiro atoms. The molecule has 4 aromatic rings. The maximum absolute atomic E-state index is 12.2. The van der Waals surface area contributed by atoms with Gasteiger partial charge >= 0.3 is 0 Å². The molecule has 7 nitrogen and oxygen atoms in total. The number of rotatable bonds is 9. The van der Waals surface area contributed by atoms with E-state index in [0.29, 0.717) is 30.2 Å². The molecule has 8 heteroatoms. The summed E-state index contributed by atoms with van der Waals surface area (Å²) in [6.07, 6.45) is 2.17. The largest absolute Gasteiger partial charge is 0.493 e. The molecule has 0 atom stereocenters. The lowest BCUT2D eigenvalue weighted by Crippen LogP contribution is -2.24. The van der Waals surface area contributed by atoms with Crippen molar-refractivity contribution in [2.45, 2.75) is 19.6 Å². The average molecular weight is 507 g/mol. The second kappa shape index (κ2) is 10.8. The second-order valence-electron chi connectivity index (χ2n) is 7.34. The van der Waals surface area contributed by atoms with E-state index in [9.17, 15) is 4.79 Å². The van der Waals surface area contributed by atoms with E-state index in [1.54, 1.807) is 11.8 Å². The summed E-state index contributed by atoms with van der Waals surface area (Å²) < 4.78 is 14.1. The van der Waals surface area contributed by atoms with Crippen LogP contribution in [0, 0.1) is 0 Å². The van der Waals surface area contributed by atoms with Crippen molar-refractivity contribution in [2.75, 3.05) is 7.11 Å². The normalized spacial score (nSPS) is 10.6. The van der Waals surface area contributed by atoms with E-state index in [-0.39, 0.29) is 12.5 Å². The number of aromatic nitrogens is 3. The Hall–Kier alpha value is -3.65. The van der Waals surface area contributed by atoms with Gasteiger partial charge in [-0.15, -0.1) is 5.10 Å². The molecular weight excluding hydrogens is 484 g/mol. The standard InChI is InChI=1S/C25H23BrN4O3/c1-32-24-13-19(15-27-25(31)14-18-5-3-2-4-6-18)7-12-23(24)33-17-21-16-30(29-28-21)22-10-8-20(26)9-11-22/h2-13,16H,14-15,17H2,1H3,(H,27,31). The van der Waals surface area contributed by atoms with Crippen molar-refractivity contribution < 1.29 is 14.3 Å². The minimum Gasteiger partial charge on any atom is -0.493 e. The molecule has 0 radical (unpaired) electrons. The van der Waals surface area contributed by atoms with Gasteiger partial charge < -0.3 is 14.8 Å². The molecule has 168 valence electrons. The van der Waals surface area contributed by atoms with Crippen molar-refractivity contribution >= 4 is 21.8 Å². The summed E-state index contributed by atoms with van der Waals surface area (Å²) in [5.74, 6) is 1.15. The van der Waals surface area contributed by atoms with Gasteiger partial charge in [-0.05, 0) is 47.5 Å². The second-order valence-corrected chi connectivity index (χ2v) is 8.26. The van der Waals surface area contributed by atoms with Crippen LogP contribution in [-0.4, -0.2) is 28.0 Å². The first kappa shape index (κ1) is 22.5. The summed E-state index contributed by atoms with van der Waals surface area (Å²) in [5.41, 5.74) is 3.50. The molecule has 0 saturated heterocycles. The van der Waals surface area contributed by atoms with Crippen molar-refractivity contribution in [2.24, 2.45) is 0 Å². The SMILES string of the molecule is COc1cc(CNC(=O)Cc2ccccc2)ccc1OCc1cn(-c2ccc(Br)cc2)nn1. The molecule has 0 bridgehead atoms. The third-order valence-electron chi connectivity index (χ3n) is 4.93. The Morgan fingerprint density at radius 3 is 2.55 bits per heavy atom. The van der Waals surface area contributed by atoms with Gasteiger partial charge in [0.2, 0.25) is 5.91 Å². The lowest BCUT2D eigenvalue weighted by Gasteiger charge is -2.12. The van der Waals surface area contributed by atoms with E-state index in [1.165, 1.54) is 0 Å². The summed E-state index contributed by atoms with van der Waals surface area (Å²) >= 11 is 3.42. The van der Waals surface area contributed by atoms with Gasteiger partial charge in [0.15, 0.2) is 11.5 Å². The van der Waals surface area contributed by atoms with E-state index < -0.39 is 0 Å². The Labute approximate surface area is 200 Å². The predicted molar refractivity (Wildman–Crippen MR) is 128 cm³/mol. The number of hydrogen-bond acceptors (Lipinski definition) is 5. The monoisotopic (exact) mass is 506 g/mol. The number of carbonyl (C=O) groups is 1. The fourth-order valence-electron chi connectivity index (χ4n) is 3.22. The van der Waals surface area contributed by atoms with Gasteiger partial charge in [0.25, 0.3) is 0 Å². The first-order chi connectivity index (χ1) is 16.1. The van der Waals surface area contributed by atoms with Crippen molar-refractivity contribution in [3.05, 3.63) is 100 Å². The Kier molecular flexibility index (Phi) is 7.36. The van der Waals surface area contributed by atoms with Gasteiger partial charge in [0.05, 0.1) is 25.4 Å². The topological polar surface area (TPSA) is 78.3 Å². The van der Waals surface area contributed by atoms with Gasteiger partial charge in [-0.1, -0.05) is 57.5 Å². The van der Waals surface area contributed by atoms with E-state index in [1.807, 2.05) is 79.0 Å². The van der Waals surface area contributed by atoms with Gasteiger partial charge in [-0.3, -0.25) is 4.79 Å². The molecular formula is C25H23BrN4O3. The predicted octanol–water partition coefficient (Wildman–Crippen LogP) is 4.48. The highest BCUT2D eigenvalue weighted by Gasteiger charge is 2.10. The minimum absolute atomic E-state index is 0.0330. The smallest absolute Gasteiger partial charge is 0.224 e. The lowest BCUT2D eigenvalue weighted by molar-refractivity contribution is -0.120. The molecule has 0 aliphatic carbocycles. The number of hydrogen-bond donors (Lipinski definition) is 1. The average Bonchev–Trinajstić information content (AvgIpc) is 3.32. The number of halogens is 1. The zero-order valence-corrected chi connectivity index (χ0v) is 19.7. The molecule has 0 unspecified atom stereocenters. The number of ether oxygens (including phenoxy) is 2. The quantitative estimate of drug-likeness (QED) is 0.362. The molecule has 3 aromatic carbocycles. The Morgan fingerprint density at radius 1 is 1.00 bits per heavy atom. The molecule has 0 aliphatic heterocycles. The molecule has 0 aliphatic rings. The fraction of sp³-hybridized carbons (Fsp3) is 0.160. The zero-order chi connectivity index (χ0) is 23.0. The summed E-state index contributed by atoms with van der Waals surface area (Å²) in [4.78, 5) is 12.2. The Bertz CT molecular complexity index is 1210. The van der Waals surface area contributed by atoms with E-state index in [2.05, 4.69) is 31.6 Å². The molecule has 1 amide bonds. The van der Waals surface area contributed by atoms with Crippen LogP contribution < -0.4 is 14.8 Å². The number of amides is 1. The van der Waals surface area contributed by atoms with Gasteiger partial charge in [-0.25, -0.2) is 4.68 Å². The number of carbonyl (C=O) groups excluding carboxylic acids is 1. The first-order valence-corrected chi connectivity index (χ1v) is 11.2. The van der Waals surface area contributed by atoms with Gasteiger partial charge in [-0.2, -0.15) is 0 Å². The number of benzene rings is 3. The highest BCUT2D eigenvalue weighted by Crippen LogP contribution is 2.28. The van der Waals surface area contributed by atoms with Gasteiger partial charge in [0, 0.05) is 11.0 Å². The van der Waals surface area contributed by atoms with Crippen LogP contribution in [0.5, 0.6) is 11.5 Å². The van der Waals surface area contributed by atoms with Crippen LogP contribution in [0.1, 0.15) is 16.8 Å². The Morgan fingerprint density at radius 2 is 1.79 bits per heavy atom. The first-order valence-electron chi connectivity index (χ1n) is 10.4. The van der Waals surface area contributed by atoms with Crippen molar-refractivity contribution in [3.8, 4) is 17.2 Å². The number of methoxy groups -OCH3 is 1. The van der Waals surface area contributed by atoms with Crippen LogP contribution in [0.15, 0.2) is 83.5 Å². The summed E-state index contributed by atoms with van der Waals surface area (Å²) in [7, 11) is 1.59. The molecule has 0 fully saturated rings. The Balaban J connectivity index is 1.33. The summed E-state index contributed by atoms with van der Waals surface area (Å²) in [5, 5.41) is 11.3. The molecule has 1 aromatic heterocycles. The van der Waals surface area contributed by atoms with Crippen molar-refractivity contribution in [1.82, 2.24) is 20.3 Å². The maximum Gasteiger partial charge on any atom is 0.224 e. The fourth-order valence-corrected chi connectivity index (χ4v) is 3.49. The summed E-state index contributed by atoms with van der Waals surface area (Å²) in [6, 6.07) is 23.0. The van der Waals surface area contributed by atoms with Crippen LogP contribution in [0.3, 0.4) is 0 Å². The van der Waals surface area contributed by atoms with E-state index >= 15 is 0 Å². The van der Waals surface area contributed by atoms with Crippen molar-refractivity contribution in [1.29, 1.82) is 0 Å². The third-order valence-corrected chi connectivity index (χ3v) is 5.46. The maximum atomic E-state index is 12.2. The van der Waals surface area contributed by atoms with Crippen LogP contribution in [-0.2, 0) is 24.4 Å². The molecule has 33 heavy (non-hydrogen) atoms. The number of nitrogens with one attached hydrogen (secondary N) is 1. The molecule has 1 heterocycles. The van der Waals surface area contributed by atoms with Crippen LogP contribution >= 0.6 is 15.9 Å². The third kappa shape index (κ3) is 6.20.